The second kappa shape index (κ2) is 43.0. The Labute approximate surface area is 697 Å². The molecule has 0 spiro atoms. The highest BCUT2D eigenvalue weighted by atomic mass is 19.1. The lowest BCUT2D eigenvalue weighted by Crippen LogP contribution is -2.14. The fourth-order valence-corrected chi connectivity index (χ4v) is 10.8. The van der Waals surface area contributed by atoms with Crippen molar-refractivity contribution in [2.24, 2.45) is 0 Å². The summed E-state index contributed by atoms with van der Waals surface area (Å²) >= 11 is 0. The van der Waals surface area contributed by atoms with E-state index in [2.05, 4.69) is 83.3 Å². The van der Waals surface area contributed by atoms with Gasteiger partial charge in [-0.15, -0.1) is 12.8 Å². The number of carbonyl (C=O) groups excluding carboxylic acids is 5. The Balaban J connectivity index is 0.000000149. The van der Waals surface area contributed by atoms with Gasteiger partial charge in [0.05, 0.1) is 59.6 Å². The number of pyridine rings is 5. The number of nitrogens with zero attached hydrogens (tertiary/aromatic N) is 9. The molecular formula is C94H70F4N14O10. The van der Waals surface area contributed by atoms with Gasteiger partial charge in [0, 0.05) is 112 Å². The molecule has 0 unspecified atom stereocenters. The van der Waals surface area contributed by atoms with E-state index in [1.807, 2.05) is 125 Å². The number of aryl methyl sites for hydroxylation is 4. The summed E-state index contributed by atoms with van der Waals surface area (Å²) in [6.45, 7) is 7.54. The van der Waals surface area contributed by atoms with Crippen LogP contribution in [0.5, 0.6) is 57.5 Å². The molecule has 0 bridgehead atoms. The zero-order chi connectivity index (χ0) is 86.1. The average Bonchev–Trinajstić information content (AvgIpc) is 0.826. The summed E-state index contributed by atoms with van der Waals surface area (Å²) in [6.07, 6.45) is 27.0. The number of halogens is 4. The summed E-state index contributed by atoms with van der Waals surface area (Å²) in [5, 5.41) is 13.4. The van der Waals surface area contributed by atoms with Gasteiger partial charge < -0.3 is 50.3 Å². The van der Waals surface area contributed by atoms with Crippen LogP contribution in [0.2, 0.25) is 0 Å². The molecule has 8 aromatic carbocycles. The standard InChI is InChI=1S/C20H18N2O2.2C19H11F2N3O2.2C18H15N3O2/c1-14-6-3-7-16(12-14)20(23)22-17-8-4-9-18(13-17)24-19-10-5-11-21-15(19)2;1-2-12-3-4-18(21)17(5-12)19(25)24-14-6-13(20)7-15(8-14)26-16-9-22-11-23-10-16;1-2-12-4-3-5-17(18(12)21)19(25)24-14-6-13(20)7-15(8-14)26-16-9-22-11-23-10-16;2*1-13-5-2-9-17(20-13)18(22)21-14-6-3-7-15(11-14)23-16-8-4-10-19-12-16/h3-13H,1-2H3,(H,22,23);2*1,3-11H,(H,24,25);2*2-12H,1H3,(H,21,22). The third-order valence-electron chi connectivity index (χ3n) is 16.3. The molecular weight excluding hydrogens is 1560 g/mol. The van der Waals surface area contributed by atoms with Crippen molar-refractivity contribution in [1.29, 1.82) is 0 Å². The maximum Gasteiger partial charge on any atom is 0.274 e. The van der Waals surface area contributed by atoms with Gasteiger partial charge in [-0.3, -0.25) is 38.9 Å². The van der Waals surface area contributed by atoms with Crippen molar-refractivity contribution in [2.75, 3.05) is 26.6 Å². The molecule has 0 radical (unpaired) electrons. The molecule has 15 rings (SSSR count). The fraction of sp³-hybridized carbons (Fsp3) is 0.0426. The molecule has 7 aromatic heterocycles. The molecule has 0 saturated carbocycles. The van der Waals surface area contributed by atoms with E-state index in [1.165, 1.54) is 79.9 Å². The van der Waals surface area contributed by atoms with Crippen molar-refractivity contribution in [1.82, 2.24) is 44.9 Å². The zero-order valence-corrected chi connectivity index (χ0v) is 65.2. The Morgan fingerprint density at radius 3 is 1.25 bits per heavy atom. The lowest BCUT2D eigenvalue weighted by atomic mass is 10.1. The smallest absolute Gasteiger partial charge is 0.274 e. The van der Waals surface area contributed by atoms with Gasteiger partial charge in [0.2, 0.25) is 0 Å². The van der Waals surface area contributed by atoms with E-state index >= 15 is 0 Å². The lowest BCUT2D eigenvalue weighted by Gasteiger charge is -2.10. The second-order valence-electron chi connectivity index (χ2n) is 25.7. The first-order chi connectivity index (χ1) is 59.1. The van der Waals surface area contributed by atoms with E-state index < -0.39 is 35.1 Å². The largest absolute Gasteiger partial charge is 0.456 e. The first-order valence-corrected chi connectivity index (χ1v) is 36.7. The number of amides is 5. The number of rotatable bonds is 20. The molecule has 5 N–H and O–H groups in total. The van der Waals surface area contributed by atoms with Crippen molar-refractivity contribution in [3.05, 3.63) is 396 Å². The Hall–Kier alpha value is -17.1. The highest BCUT2D eigenvalue weighted by Gasteiger charge is 2.19. The Bertz CT molecular complexity index is 6030. The number of aromatic nitrogens is 9. The molecule has 24 nitrogen and oxygen atoms in total. The number of hydrogen-bond acceptors (Lipinski definition) is 19. The number of carbonyl (C=O) groups is 5. The minimum Gasteiger partial charge on any atom is -0.456 e. The first kappa shape index (κ1) is 85.7. The van der Waals surface area contributed by atoms with Gasteiger partial charge in [0.25, 0.3) is 29.5 Å². The van der Waals surface area contributed by atoms with Gasteiger partial charge in [-0.1, -0.05) is 65.9 Å². The average molecular weight is 1630 g/mol. The summed E-state index contributed by atoms with van der Waals surface area (Å²) in [5.41, 5.74) is 6.80. The molecule has 0 saturated heterocycles. The van der Waals surface area contributed by atoms with Crippen LogP contribution in [0.15, 0.2) is 311 Å². The van der Waals surface area contributed by atoms with Crippen molar-refractivity contribution in [3.8, 4) is 82.2 Å². The molecule has 0 aliphatic rings. The van der Waals surface area contributed by atoms with Gasteiger partial charge in [-0.2, -0.15) is 0 Å². The number of hydrogen-bond donors (Lipinski definition) is 5. The topological polar surface area (TPSA) is 308 Å². The van der Waals surface area contributed by atoms with Crippen molar-refractivity contribution in [2.45, 2.75) is 27.7 Å². The van der Waals surface area contributed by atoms with Crippen LogP contribution in [0.3, 0.4) is 0 Å². The second-order valence-corrected chi connectivity index (χ2v) is 25.7. The van der Waals surface area contributed by atoms with Crippen molar-refractivity contribution in [3.63, 3.8) is 0 Å². The summed E-state index contributed by atoms with van der Waals surface area (Å²) in [4.78, 5) is 97.1. The molecule has 28 heteroatoms. The van der Waals surface area contributed by atoms with Gasteiger partial charge in [0.15, 0.2) is 17.3 Å². The third kappa shape index (κ3) is 26.5. The van der Waals surface area contributed by atoms with Gasteiger partial charge >= 0.3 is 0 Å². The minimum absolute atomic E-state index is 0.0370. The number of anilines is 5. The quantitative estimate of drug-likeness (QED) is 0.0350. The maximum absolute atomic E-state index is 14.2. The van der Waals surface area contributed by atoms with Crippen LogP contribution in [0.25, 0.3) is 0 Å². The van der Waals surface area contributed by atoms with E-state index in [1.54, 1.807) is 104 Å². The number of nitrogens with one attached hydrogen (secondary N) is 5. The van der Waals surface area contributed by atoms with Crippen LogP contribution >= 0.6 is 0 Å². The van der Waals surface area contributed by atoms with Crippen molar-refractivity contribution < 1.29 is 65.2 Å². The Morgan fingerprint density at radius 2 is 0.779 bits per heavy atom. The van der Waals surface area contributed by atoms with Crippen LogP contribution in [0.4, 0.5) is 46.0 Å². The Kier molecular flexibility index (Phi) is 30.2. The summed E-state index contributed by atoms with van der Waals surface area (Å²) < 4.78 is 83.8. The Morgan fingerprint density at radius 1 is 0.344 bits per heavy atom. The highest BCUT2D eigenvalue weighted by molar-refractivity contribution is 6.07. The zero-order valence-electron chi connectivity index (χ0n) is 65.2. The molecule has 0 aliphatic carbocycles. The number of benzene rings is 8. The van der Waals surface area contributed by atoms with Crippen LogP contribution in [-0.2, 0) is 0 Å². The molecule has 604 valence electrons. The van der Waals surface area contributed by atoms with Crippen LogP contribution < -0.4 is 50.3 Å². The molecule has 0 atom stereocenters. The predicted molar refractivity (Wildman–Crippen MR) is 452 cm³/mol. The molecule has 0 aliphatic heterocycles. The molecule has 7 heterocycles. The van der Waals surface area contributed by atoms with Crippen molar-refractivity contribution >= 4 is 58.0 Å². The number of terminal acetylenes is 2. The first-order valence-electron chi connectivity index (χ1n) is 36.7. The minimum atomic E-state index is -0.818. The predicted octanol–water partition coefficient (Wildman–Crippen LogP) is 20.0. The maximum atomic E-state index is 14.2. The van der Waals surface area contributed by atoms with E-state index in [9.17, 15) is 41.5 Å². The summed E-state index contributed by atoms with van der Waals surface area (Å²) in [7, 11) is 0. The SMILES string of the molecule is C#Cc1ccc(F)c(C(=O)Nc2cc(F)cc(Oc3cncnc3)c2)c1.C#Cc1cccc(C(=O)Nc2cc(F)cc(Oc3cncnc3)c2)c1F.Cc1cccc(C(=O)Nc2cccc(Oc3cccnc3)c2)n1.Cc1cccc(C(=O)Nc2cccc(Oc3cccnc3)c2)n1.Cc1cccc(C(=O)Nc2cccc(Oc3cccnc3C)c2)c1. The monoisotopic (exact) mass is 1630 g/mol. The van der Waals surface area contributed by atoms with E-state index in [0.717, 1.165) is 53.0 Å². The lowest BCUT2D eigenvalue weighted by molar-refractivity contribution is 0.101. The molecule has 15 aromatic rings. The molecule has 5 amide bonds. The third-order valence-corrected chi connectivity index (χ3v) is 16.3. The van der Waals surface area contributed by atoms with Gasteiger partial charge in [-0.05, 0) is 179 Å². The van der Waals surface area contributed by atoms with E-state index in [0.29, 0.717) is 85.6 Å². The van der Waals surface area contributed by atoms with E-state index in [-0.39, 0.29) is 57.3 Å². The van der Waals surface area contributed by atoms with Gasteiger partial charge in [0.1, 0.15) is 87.5 Å². The highest BCUT2D eigenvalue weighted by Crippen LogP contribution is 2.31. The molecule has 0 fully saturated rings. The van der Waals surface area contributed by atoms with Crippen LogP contribution in [-0.4, -0.2) is 74.4 Å². The normalized spacial score (nSPS) is 10.1. The molecule has 122 heavy (non-hydrogen) atoms. The fourth-order valence-electron chi connectivity index (χ4n) is 10.8. The number of ether oxygens (including phenoxy) is 5. The van der Waals surface area contributed by atoms with E-state index in [4.69, 9.17) is 36.5 Å². The van der Waals surface area contributed by atoms with Crippen LogP contribution in [0, 0.1) is 75.7 Å². The van der Waals surface area contributed by atoms with Crippen LogP contribution in [0.1, 0.15) is 85.8 Å². The summed E-state index contributed by atoms with van der Waals surface area (Å²) in [5.74, 6) is 4.11. The summed E-state index contributed by atoms with van der Waals surface area (Å²) in [6, 6.07) is 65.7. The van der Waals surface area contributed by atoms with Gasteiger partial charge in [-0.25, -0.2) is 47.5 Å².